The topological polar surface area (TPSA) is 46.8 Å². The van der Waals surface area contributed by atoms with Gasteiger partial charge < -0.3 is 0 Å². The molecule has 0 saturated carbocycles. The van der Waals surface area contributed by atoms with E-state index in [-0.39, 0.29) is 0 Å². The number of hydrogen-bond donors (Lipinski definition) is 0. The van der Waals surface area contributed by atoms with E-state index in [9.17, 15) is 0 Å². The van der Waals surface area contributed by atoms with Crippen LogP contribution in [0.5, 0.6) is 0 Å². The number of nitrogens with zero attached hydrogens (tertiary/aromatic N) is 5. The molecule has 0 saturated heterocycles. The minimum atomic E-state index is 0.827. The molecule has 0 aliphatic carbocycles. The van der Waals surface area contributed by atoms with E-state index in [1.165, 1.54) is 0 Å². The molecule has 0 fully saturated rings. The third kappa shape index (κ3) is 0.985. The Morgan fingerprint density at radius 1 is 1.29 bits per heavy atom. The van der Waals surface area contributed by atoms with Gasteiger partial charge in [0, 0.05) is 12.7 Å². The van der Waals surface area contributed by atoms with Gasteiger partial charge in [0.15, 0.2) is 5.65 Å². The lowest BCUT2D eigenvalue weighted by molar-refractivity contribution is 0.723. The van der Waals surface area contributed by atoms with E-state index in [0.717, 1.165) is 24.1 Å². The van der Waals surface area contributed by atoms with Crippen LogP contribution >= 0.6 is 0 Å². The van der Waals surface area contributed by atoms with Crippen molar-refractivity contribution in [3.05, 3.63) is 31.1 Å². The highest BCUT2D eigenvalue weighted by Crippen LogP contribution is 2.11. The monoisotopic (exact) mass is 187 g/mol. The zero-order valence-corrected chi connectivity index (χ0v) is 7.54. The van der Waals surface area contributed by atoms with Crippen LogP contribution in [0.1, 0.15) is 6.42 Å². The molecule has 0 amide bonds. The van der Waals surface area contributed by atoms with Crippen molar-refractivity contribution in [3.8, 4) is 0 Å². The van der Waals surface area contributed by atoms with Gasteiger partial charge in [0.05, 0.1) is 6.20 Å². The van der Waals surface area contributed by atoms with Gasteiger partial charge in [-0.2, -0.15) is 0 Å². The minimum Gasteiger partial charge on any atom is -0.286 e. The van der Waals surface area contributed by atoms with Crippen LogP contribution in [0.25, 0.3) is 11.2 Å². The van der Waals surface area contributed by atoms with Crippen molar-refractivity contribution in [2.45, 2.75) is 6.42 Å². The van der Waals surface area contributed by atoms with Crippen molar-refractivity contribution in [2.75, 3.05) is 11.6 Å². The van der Waals surface area contributed by atoms with Crippen LogP contribution in [-0.2, 0) is 0 Å². The van der Waals surface area contributed by atoms with Crippen LogP contribution in [0.4, 0.5) is 0 Å². The molecule has 70 valence electrons. The Labute approximate surface area is 80.7 Å². The zero-order valence-electron chi connectivity index (χ0n) is 7.54. The van der Waals surface area contributed by atoms with Crippen molar-refractivity contribution in [3.63, 3.8) is 0 Å². The molecule has 0 aromatic carbocycles. The first kappa shape index (κ1) is 7.49. The number of fused-ring (bicyclic) bond motifs is 1. The molecule has 0 unspecified atom stereocenters. The Hall–Kier alpha value is -1.91. The van der Waals surface area contributed by atoms with Crippen molar-refractivity contribution in [1.82, 2.24) is 19.6 Å². The molecule has 2 aromatic rings. The van der Waals surface area contributed by atoms with E-state index in [1.807, 2.05) is 10.9 Å². The van der Waals surface area contributed by atoms with Crippen molar-refractivity contribution < 1.29 is 0 Å². The van der Waals surface area contributed by atoms with Crippen LogP contribution in [0, 0.1) is 0 Å². The summed E-state index contributed by atoms with van der Waals surface area (Å²) in [5, 5.41) is 2.09. The molecule has 3 rings (SSSR count). The Morgan fingerprint density at radius 3 is 3.14 bits per heavy atom. The molecule has 14 heavy (non-hydrogen) atoms. The summed E-state index contributed by atoms with van der Waals surface area (Å²) in [6.45, 7) is 0.982. The largest absolute Gasteiger partial charge is 0.286 e. The van der Waals surface area contributed by atoms with Gasteiger partial charge >= 0.3 is 0 Å². The van der Waals surface area contributed by atoms with Crippen LogP contribution in [0.2, 0.25) is 0 Å². The Bertz CT molecular complexity index is 487. The molecular weight excluding hydrogens is 178 g/mol. The zero-order chi connectivity index (χ0) is 9.38. The fraction of sp³-hybridized carbons (Fsp3) is 0.222. The standard InChI is InChI=1S/C9H9N5/c1-2-4-13(3-1)14-7-12-8-5-10-6-11-9(8)14/h1,3,5-7H,2,4H2. The maximum atomic E-state index is 4.23. The van der Waals surface area contributed by atoms with Gasteiger partial charge in [-0.15, -0.1) is 0 Å². The lowest BCUT2D eigenvalue weighted by Gasteiger charge is -2.16. The molecule has 2 aromatic heterocycles. The second-order valence-electron chi connectivity index (χ2n) is 3.16. The summed E-state index contributed by atoms with van der Waals surface area (Å²) in [7, 11) is 0. The predicted molar refractivity (Wildman–Crippen MR) is 52.2 cm³/mol. The van der Waals surface area contributed by atoms with Crippen molar-refractivity contribution >= 4 is 11.2 Å². The first-order valence-corrected chi connectivity index (χ1v) is 4.52. The first-order chi connectivity index (χ1) is 6.95. The fourth-order valence-electron chi connectivity index (χ4n) is 1.60. The summed E-state index contributed by atoms with van der Waals surface area (Å²) in [5.74, 6) is 0. The fourth-order valence-corrected chi connectivity index (χ4v) is 1.60. The first-order valence-electron chi connectivity index (χ1n) is 4.52. The van der Waals surface area contributed by atoms with Crippen LogP contribution in [0.3, 0.4) is 0 Å². The highest BCUT2D eigenvalue weighted by atomic mass is 15.6. The molecule has 1 aliphatic rings. The third-order valence-electron chi connectivity index (χ3n) is 2.27. The van der Waals surface area contributed by atoms with E-state index >= 15 is 0 Å². The Kier molecular flexibility index (Phi) is 1.50. The van der Waals surface area contributed by atoms with E-state index < -0.39 is 0 Å². The summed E-state index contributed by atoms with van der Waals surface area (Å²) in [6, 6.07) is 0. The van der Waals surface area contributed by atoms with Gasteiger partial charge in [-0.1, -0.05) is 6.08 Å². The highest BCUT2D eigenvalue weighted by Gasteiger charge is 2.10. The van der Waals surface area contributed by atoms with Crippen molar-refractivity contribution in [1.29, 1.82) is 0 Å². The molecule has 0 bridgehead atoms. The van der Waals surface area contributed by atoms with Gasteiger partial charge in [0.2, 0.25) is 0 Å². The molecule has 0 radical (unpaired) electrons. The normalized spacial score (nSPS) is 15.6. The molecule has 0 N–H and O–H groups in total. The smallest absolute Gasteiger partial charge is 0.182 e. The quantitative estimate of drug-likeness (QED) is 0.658. The summed E-state index contributed by atoms with van der Waals surface area (Å²) in [6.07, 6.45) is 10.3. The van der Waals surface area contributed by atoms with Gasteiger partial charge in [0.25, 0.3) is 0 Å². The van der Waals surface area contributed by atoms with Crippen LogP contribution in [0.15, 0.2) is 31.1 Å². The molecule has 1 aliphatic heterocycles. The average Bonchev–Trinajstić information content (AvgIpc) is 2.85. The van der Waals surface area contributed by atoms with Gasteiger partial charge in [-0.05, 0) is 6.42 Å². The average molecular weight is 187 g/mol. The summed E-state index contributed by atoms with van der Waals surface area (Å²) >= 11 is 0. The van der Waals surface area contributed by atoms with E-state index in [4.69, 9.17) is 0 Å². The molecule has 3 heterocycles. The highest BCUT2D eigenvalue weighted by molar-refractivity contribution is 5.69. The molecular formula is C9H9N5. The van der Waals surface area contributed by atoms with Crippen molar-refractivity contribution in [2.24, 2.45) is 0 Å². The lowest BCUT2D eigenvalue weighted by Crippen LogP contribution is -2.26. The van der Waals surface area contributed by atoms with Crippen LogP contribution in [-0.4, -0.2) is 26.2 Å². The number of hydrogen-bond acceptors (Lipinski definition) is 4. The van der Waals surface area contributed by atoms with E-state index in [1.54, 1.807) is 18.9 Å². The van der Waals surface area contributed by atoms with Gasteiger partial charge in [-0.25, -0.2) is 19.6 Å². The SMILES string of the molecule is C1=CN(n2cnc3cncnc32)CC1. The maximum absolute atomic E-state index is 4.23. The second-order valence-corrected chi connectivity index (χ2v) is 3.16. The number of rotatable bonds is 1. The summed E-state index contributed by atoms with van der Waals surface area (Å²) < 4.78 is 1.94. The van der Waals surface area contributed by atoms with Gasteiger partial charge in [-0.3, -0.25) is 5.01 Å². The van der Waals surface area contributed by atoms with E-state index in [2.05, 4.69) is 26.0 Å². The second kappa shape index (κ2) is 2.80. The number of aromatic nitrogens is 4. The van der Waals surface area contributed by atoms with Crippen LogP contribution < -0.4 is 5.01 Å². The lowest BCUT2D eigenvalue weighted by atomic mass is 10.5. The Morgan fingerprint density at radius 2 is 2.29 bits per heavy atom. The number of imidazole rings is 1. The summed E-state index contributed by atoms with van der Waals surface area (Å²) in [4.78, 5) is 12.4. The molecule has 0 atom stereocenters. The third-order valence-corrected chi connectivity index (χ3v) is 2.27. The Balaban J connectivity index is 2.16. The maximum Gasteiger partial charge on any atom is 0.182 e. The molecule has 0 spiro atoms. The minimum absolute atomic E-state index is 0.827. The predicted octanol–water partition coefficient (Wildman–Crippen LogP) is 0.682. The van der Waals surface area contributed by atoms with Gasteiger partial charge in [0.1, 0.15) is 18.2 Å². The molecule has 5 nitrogen and oxygen atoms in total. The molecule has 5 heteroatoms. The van der Waals surface area contributed by atoms with E-state index in [0.29, 0.717) is 0 Å². The summed E-state index contributed by atoms with van der Waals surface area (Å²) in [5.41, 5.74) is 1.68.